The first kappa shape index (κ1) is 72.1. The first-order valence-corrected chi connectivity index (χ1v) is 40.3. The molecule has 0 fully saturated rings. The molecule has 0 radical (unpaired) electrons. The van der Waals surface area contributed by atoms with Gasteiger partial charge in [-0.2, -0.15) is 0 Å². The number of fused-ring (bicyclic) bond motifs is 16. The molecule has 0 saturated carbocycles. The monoisotopic (exact) mass is 1510 g/mol. The van der Waals surface area contributed by atoms with E-state index in [1.54, 1.807) is 12.1 Å². The molecule has 2 unspecified atom stereocenters. The molecule has 16 aromatic carbocycles. The van der Waals surface area contributed by atoms with Gasteiger partial charge in [0.05, 0.1) is 16.2 Å². The molecule has 20 rings (SSSR count). The van der Waals surface area contributed by atoms with E-state index in [9.17, 15) is 0 Å². The van der Waals surface area contributed by atoms with Crippen LogP contribution >= 0.6 is 0 Å². The second-order valence-electron chi connectivity index (χ2n) is 33.4. The van der Waals surface area contributed by atoms with Crippen LogP contribution in [0, 0.1) is 11.6 Å². The van der Waals surface area contributed by atoms with Crippen LogP contribution < -0.4 is 19.3 Å². The van der Waals surface area contributed by atoms with Crippen LogP contribution in [-0.4, -0.2) is 0 Å². The average Bonchev–Trinajstić information content (AvgIpc) is 1.48. The van der Waals surface area contributed by atoms with E-state index in [1.165, 1.54) is 23.3 Å². The van der Waals surface area contributed by atoms with Crippen molar-refractivity contribution in [2.75, 3.05) is 9.80 Å². The molecule has 0 heterocycles. The van der Waals surface area contributed by atoms with Crippen LogP contribution in [0.2, 0.25) is 0 Å². The lowest BCUT2D eigenvalue weighted by Crippen LogP contribution is -2.29. The van der Waals surface area contributed by atoms with Gasteiger partial charge in [0.15, 0.2) is 0 Å². The zero-order valence-corrected chi connectivity index (χ0v) is 66.2. The van der Waals surface area contributed by atoms with Crippen LogP contribution in [0.15, 0.2) is 377 Å². The molecular weight excluding hydrogens is 1430 g/mol. The Bertz CT molecular complexity index is 6240. The van der Waals surface area contributed by atoms with E-state index >= 15 is 8.78 Å². The SMILES string of the molecule is C=Cc1ccc(Oc2ccc(C3(c4ccc(C(C)(C)C)cc4)c4ccccc4-c4ccc(N(c5cccc(F)c5)c5ccc6c(c5)C5(c7ccccc7-6)c6ccccc6-c6ccc(N(c7cccc(F)c7)c7ccc8c(c7)C(c7ccc(Oc9ccc(C=C)cc9)cc7)(c7ccc(C(C)(C)C)cc7)c7ccccc7-8)cc65)cc43)cc2)cc1. The molecule has 4 aliphatic carbocycles. The second-order valence-corrected chi connectivity index (χ2v) is 33.4. The first-order valence-electron chi connectivity index (χ1n) is 40.3. The highest BCUT2D eigenvalue weighted by Gasteiger charge is 2.54. The van der Waals surface area contributed by atoms with Crippen LogP contribution in [0.3, 0.4) is 0 Å². The summed E-state index contributed by atoms with van der Waals surface area (Å²) < 4.78 is 46.3. The minimum absolute atomic E-state index is 0.0953. The van der Waals surface area contributed by atoms with Gasteiger partial charge in [-0.15, -0.1) is 0 Å². The maximum atomic E-state index is 16.6. The number of benzene rings is 16. The number of nitrogens with zero attached hydrogens (tertiary/aromatic N) is 2. The van der Waals surface area contributed by atoms with Crippen molar-refractivity contribution in [2.45, 2.75) is 68.6 Å². The van der Waals surface area contributed by atoms with E-state index in [1.807, 2.05) is 84.9 Å². The van der Waals surface area contributed by atoms with Gasteiger partial charge in [-0.05, 0) is 278 Å². The Balaban J connectivity index is 0.769. The molecule has 0 aliphatic heterocycles. The maximum Gasteiger partial charge on any atom is 0.127 e. The molecule has 0 bridgehead atoms. The molecule has 0 saturated heterocycles. The van der Waals surface area contributed by atoms with Crippen molar-refractivity contribution in [1.29, 1.82) is 0 Å². The summed E-state index contributed by atoms with van der Waals surface area (Å²) in [7, 11) is 0. The summed E-state index contributed by atoms with van der Waals surface area (Å²) >= 11 is 0. The van der Waals surface area contributed by atoms with Crippen LogP contribution in [0.4, 0.5) is 42.9 Å². The van der Waals surface area contributed by atoms with Crippen molar-refractivity contribution in [3.63, 3.8) is 0 Å². The Kier molecular flexibility index (Phi) is 17.0. The fourth-order valence-electron chi connectivity index (χ4n) is 19.5. The highest BCUT2D eigenvalue weighted by atomic mass is 19.1. The van der Waals surface area contributed by atoms with E-state index in [-0.39, 0.29) is 22.5 Å². The van der Waals surface area contributed by atoms with Gasteiger partial charge in [0, 0.05) is 34.1 Å². The normalized spacial score (nSPS) is 16.2. The van der Waals surface area contributed by atoms with Crippen LogP contribution in [0.25, 0.3) is 56.7 Å². The topological polar surface area (TPSA) is 24.9 Å². The van der Waals surface area contributed by atoms with Crippen LogP contribution in [0.5, 0.6) is 23.0 Å². The highest BCUT2D eigenvalue weighted by molar-refractivity contribution is 5.99. The van der Waals surface area contributed by atoms with Gasteiger partial charge >= 0.3 is 0 Å². The molecular formula is C111H84F2N2O2. The van der Waals surface area contributed by atoms with Gasteiger partial charge < -0.3 is 19.3 Å². The summed E-state index contributed by atoms with van der Waals surface area (Å²) in [6.45, 7) is 21.5. The molecule has 4 nitrogen and oxygen atoms in total. The largest absolute Gasteiger partial charge is 0.457 e. The zero-order valence-electron chi connectivity index (χ0n) is 66.2. The van der Waals surface area contributed by atoms with Crippen LogP contribution in [-0.2, 0) is 27.1 Å². The Hall–Kier alpha value is -13.9. The van der Waals surface area contributed by atoms with Gasteiger partial charge in [-0.3, -0.25) is 0 Å². The molecule has 1 spiro atoms. The summed E-state index contributed by atoms with van der Waals surface area (Å²) in [6.07, 6.45) is 3.66. The Labute approximate surface area is 683 Å². The standard InChI is InChI=1S/C111H84F2N2O2/c1-9-71-33-53-87(54-34-71)116-89-57-45-77(46-58-89)109(75-41-37-73(38-42-75)107(3,4)5)99-29-15-11-25-91(99)95-61-49-83(67-103(95)109)114(81-23-19-21-79(112)65-81)85-51-63-97-93-27-13-17-31-101(93)111(105(97)69-85)102-32-18-14-28-94(102)98-64-52-86(70-106(98)111)115(82-24-20-22-80(113)66-82)84-50-62-96-92-26-12-16-30-100(92)110(104(96)68-84,76-43-39-74(40-44-76)108(6,7)8)78-47-59-90(60-48-78)117-88-55-35-72(10-2)36-56-88/h9-70H,1-2H2,3-8H3. The molecule has 564 valence electrons. The smallest absolute Gasteiger partial charge is 0.127 e. The summed E-state index contributed by atoms with van der Waals surface area (Å²) in [6, 6.07) is 128. The second kappa shape index (κ2) is 27.7. The minimum atomic E-state index is -0.900. The summed E-state index contributed by atoms with van der Waals surface area (Å²) in [5.41, 5.74) is 28.8. The summed E-state index contributed by atoms with van der Waals surface area (Å²) in [4.78, 5) is 4.48. The van der Waals surface area contributed by atoms with E-state index in [0.29, 0.717) is 22.9 Å². The number of anilines is 6. The van der Waals surface area contributed by atoms with Crippen molar-refractivity contribution in [2.24, 2.45) is 0 Å². The lowest BCUT2D eigenvalue weighted by Gasteiger charge is -2.36. The van der Waals surface area contributed by atoms with Crippen molar-refractivity contribution >= 4 is 46.3 Å². The molecule has 2 atom stereocenters. The van der Waals surface area contributed by atoms with Gasteiger partial charge in [0.1, 0.15) is 34.6 Å². The third-order valence-electron chi connectivity index (χ3n) is 24.9. The third kappa shape index (κ3) is 11.5. The van der Waals surface area contributed by atoms with E-state index < -0.39 is 16.2 Å². The molecule has 16 aromatic rings. The van der Waals surface area contributed by atoms with Gasteiger partial charge in [-0.1, -0.05) is 297 Å². The van der Waals surface area contributed by atoms with Gasteiger partial charge in [0.2, 0.25) is 0 Å². The maximum absolute atomic E-state index is 16.6. The lowest BCUT2D eigenvalue weighted by atomic mass is 9.67. The predicted molar refractivity (Wildman–Crippen MR) is 477 cm³/mol. The Morgan fingerprint density at radius 1 is 0.248 bits per heavy atom. The first-order chi connectivity index (χ1) is 56.9. The number of ether oxygens (including phenoxy) is 2. The molecule has 0 amide bonds. The number of rotatable bonds is 16. The minimum Gasteiger partial charge on any atom is -0.457 e. The zero-order chi connectivity index (χ0) is 79.7. The summed E-state index contributed by atoms with van der Waals surface area (Å²) in [5.74, 6) is 2.20. The molecule has 0 N–H and O–H groups in total. The van der Waals surface area contributed by atoms with E-state index in [0.717, 1.165) is 157 Å². The highest BCUT2D eigenvalue weighted by Crippen LogP contribution is 2.66. The molecule has 4 aliphatic rings. The van der Waals surface area contributed by atoms with Crippen LogP contribution in [0.1, 0.15) is 131 Å². The van der Waals surface area contributed by atoms with E-state index in [4.69, 9.17) is 9.47 Å². The fraction of sp³-hybridized carbons (Fsp3) is 0.0991. The van der Waals surface area contributed by atoms with Gasteiger partial charge in [-0.25, -0.2) is 8.78 Å². The number of hydrogen-bond donors (Lipinski definition) is 0. The van der Waals surface area contributed by atoms with Crippen molar-refractivity contribution in [1.82, 2.24) is 0 Å². The molecule has 6 heteroatoms. The fourth-order valence-corrected chi connectivity index (χ4v) is 19.5. The third-order valence-corrected chi connectivity index (χ3v) is 24.9. The average molecular weight is 1520 g/mol. The van der Waals surface area contributed by atoms with Crippen molar-refractivity contribution in [3.8, 4) is 67.5 Å². The predicted octanol–water partition coefficient (Wildman–Crippen LogP) is 29.4. The van der Waals surface area contributed by atoms with E-state index in [2.05, 4.69) is 331 Å². The summed E-state index contributed by atoms with van der Waals surface area (Å²) in [5, 5.41) is 0. The Morgan fingerprint density at radius 2 is 0.496 bits per heavy atom. The number of halogens is 2. The Morgan fingerprint density at radius 3 is 0.778 bits per heavy atom. The van der Waals surface area contributed by atoms with Gasteiger partial charge in [0.25, 0.3) is 0 Å². The lowest BCUT2D eigenvalue weighted by molar-refractivity contribution is 0.482. The molecule has 0 aromatic heterocycles. The molecule has 117 heavy (non-hydrogen) atoms. The number of hydrogen-bond acceptors (Lipinski definition) is 4. The van der Waals surface area contributed by atoms with Crippen molar-refractivity contribution in [3.05, 3.63) is 478 Å². The quantitative estimate of drug-likeness (QED) is 0.0963. The van der Waals surface area contributed by atoms with Crippen molar-refractivity contribution < 1.29 is 18.3 Å².